The second kappa shape index (κ2) is 13.8. The largest absolute Gasteiger partial charge is 0.462 e. The number of carbonyl (C=O) groups is 2. The highest BCUT2D eigenvalue weighted by atomic mass is 35.5. The molecule has 1 aromatic rings. The fourth-order valence-electron chi connectivity index (χ4n) is 5.20. The molecule has 4 N–H and O–H groups in total. The summed E-state index contributed by atoms with van der Waals surface area (Å²) in [5.41, 5.74) is 7.32. The Bertz CT molecular complexity index is 832. The molecule has 0 radical (unpaired) electrons. The summed E-state index contributed by atoms with van der Waals surface area (Å²) in [7, 11) is 0. The third-order valence-electron chi connectivity index (χ3n) is 7.33. The van der Waals surface area contributed by atoms with E-state index in [2.05, 4.69) is 10.2 Å². The zero-order chi connectivity index (χ0) is 23.2. The Kier molecular flexibility index (Phi) is 11.4. The number of halogens is 2. The molecule has 2 amide bonds. The Hall–Kier alpha value is -2.19. The topological polar surface area (TPSA) is 112 Å². The molecule has 1 aromatic carbocycles. The minimum Gasteiger partial charge on any atom is -0.462 e. The predicted molar refractivity (Wildman–Crippen MR) is 143 cm³/mol. The highest BCUT2D eigenvalue weighted by Crippen LogP contribution is 2.28. The molecule has 2 saturated carbocycles. The molecule has 0 unspecified atom stereocenters. The van der Waals surface area contributed by atoms with E-state index in [4.69, 9.17) is 15.9 Å². The number of nitrogens with two attached hydrogens (primary N) is 1. The van der Waals surface area contributed by atoms with Crippen LogP contribution in [0, 0.1) is 11.3 Å². The van der Waals surface area contributed by atoms with Gasteiger partial charge in [0.25, 0.3) is 0 Å². The summed E-state index contributed by atoms with van der Waals surface area (Å²) in [4.78, 5) is 29.4. The summed E-state index contributed by atoms with van der Waals surface area (Å²) in [6, 6.07) is 7.80. The molecule has 3 fully saturated rings. The zero-order valence-electron chi connectivity index (χ0n) is 20.2. The maximum atomic E-state index is 12.8. The third-order valence-corrected chi connectivity index (χ3v) is 7.33. The van der Waals surface area contributed by atoms with Gasteiger partial charge in [0.2, 0.25) is 0 Å². The van der Waals surface area contributed by atoms with Gasteiger partial charge in [0.15, 0.2) is 0 Å². The second-order valence-corrected chi connectivity index (χ2v) is 9.63. The fourth-order valence-corrected chi connectivity index (χ4v) is 5.20. The second-order valence-electron chi connectivity index (χ2n) is 9.63. The lowest BCUT2D eigenvalue weighted by Crippen LogP contribution is -2.54. The first-order valence-corrected chi connectivity index (χ1v) is 12.4. The van der Waals surface area contributed by atoms with Gasteiger partial charge >= 0.3 is 12.0 Å². The van der Waals surface area contributed by atoms with Crippen LogP contribution in [-0.2, 0) is 9.53 Å². The lowest BCUT2D eigenvalue weighted by molar-refractivity contribution is -0.156. The number of anilines is 1. The van der Waals surface area contributed by atoms with E-state index < -0.39 is 0 Å². The lowest BCUT2D eigenvalue weighted by atomic mass is 9.86. The molecule has 1 aliphatic heterocycles. The Morgan fingerprint density at radius 3 is 2.06 bits per heavy atom. The SMILES string of the molecule is Cl.Cl.N=C(N)c1ccc(N2CCN(C(=O)NC3CCC(C(=O)OC4CCCCC4)CC3)CC2)cc1. The van der Waals surface area contributed by atoms with Crippen molar-refractivity contribution in [2.45, 2.75) is 69.9 Å². The summed E-state index contributed by atoms with van der Waals surface area (Å²) in [6.45, 7) is 2.88. The molecule has 1 saturated heterocycles. The van der Waals surface area contributed by atoms with E-state index >= 15 is 0 Å². The standard InChI is InChI=1S/C25H37N5O3.2ClH/c26-23(27)18-8-12-21(13-9-18)29-14-16-30(17-15-29)25(32)28-20-10-6-19(7-11-20)24(31)33-22-4-2-1-3-5-22;;/h8-9,12-13,19-20,22H,1-7,10-11,14-17H2,(H3,26,27)(H,28,32);2*1H. The highest BCUT2D eigenvalue weighted by molar-refractivity contribution is 5.95. The fraction of sp³-hybridized carbons (Fsp3) is 0.640. The Labute approximate surface area is 220 Å². The number of ether oxygens (including phenoxy) is 1. The number of nitrogens with zero attached hydrogens (tertiary/aromatic N) is 2. The van der Waals surface area contributed by atoms with Crippen molar-refractivity contribution < 1.29 is 14.3 Å². The minimum absolute atomic E-state index is 0. The third kappa shape index (κ3) is 7.90. The molecule has 3 aliphatic rings. The normalized spacial score (nSPS) is 22.9. The maximum absolute atomic E-state index is 12.8. The molecular formula is C25H39Cl2N5O3. The number of amides is 2. The summed E-state index contributed by atoms with van der Waals surface area (Å²) in [5, 5.41) is 10.7. The zero-order valence-corrected chi connectivity index (χ0v) is 21.9. The average Bonchev–Trinajstić information content (AvgIpc) is 2.85. The van der Waals surface area contributed by atoms with E-state index in [1.807, 2.05) is 29.2 Å². The first-order valence-electron chi connectivity index (χ1n) is 12.4. The lowest BCUT2D eigenvalue weighted by Gasteiger charge is -2.37. The van der Waals surface area contributed by atoms with Crippen molar-refractivity contribution in [1.82, 2.24) is 10.2 Å². The van der Waals surface area contributed by atoms with Crippen LogP contribution < -0.4 is 16.0 Å². The number of esters is 1. The Balaban J connectivity index is 0.00000216. The van der Waals surface area contributed by atoms with Crippen molar-refractivity contribution in [3.63, 3.8) is 0 Å². The molecule has 8 nitrogen and oxygen atoms in total. The summed E-state index contributed by atoms with van der Waals surface area (Å²) in [6.07, 6.45) is 8.96. The number of carbonyl (C=O) groups excluding carboxylic acids is 2. The van der Waals surface area contributed by atoms with E-state index in [0.29, 0.717) is 18.7 Å². The van der Waals surface area contributed by atoms with Crippen LogP contribution in [0.25, 0.3) is 0 Å². The molecule has 1 heterocycles. The van der Waals surface area contributed by atoms with Crippen LogP contribution in [0.4, 0.5) is 10.5 Å². The quantitative estimate of drug-likeness (QED) is 0.303. The van der Waals surface area contributed by atoms with Gasteiger partial charge in [-0.05, 0) is 75.6 Å². The van der Waals surface area contributed by atoms with Crippen LogP contribution >= 0.6 is 24.8 Å². The molecule has 35 heavy (non-hydrogen) atoms. The van der Waals surface area contributed by atoms with Crippen LogP contribution in [0.5, 0.6) is 0 Å². The van der Waals surface area contributed by atoms with Gasteiger partial charge in [-0.1, -0.05) is 6.42 Å². The number of rotatable bonds is 5. The van der Waals surface area contributed by atoms with Gasteiger partial charge in [0.1, 0.15) is 11.9 Å². The summed E-state index contributed by atoms with van der Waals surface area (Å²) < 4.78 is 5.75. The average molecular weight is 529 g/mol. The van der Waals surface area contributed by atoms with Crippen molar-refractivity contribution >= 4 is 48.3 Å². The molecular weight excluding hydrogens is 489 g/mol. The molecule has 0 bridgehead atoms. The first kappa shape index (κ1) is 29.0. The molecule has 0 atom stereocenters. The van der Waals surface area contributed by atoms with Gasteiger partial charge in [-0.3, -0.25) is 10.2 Å². The van der Waals surface area contributed by atoms with Crippen LogP contribution in [0.1, 0.15) is 63.4 Å². The number of urea groups is 1. The molecule has 0 spiro atoms. The smallest absolute Gasteiger partial charge is 0.317 e. The van der Waals surface area contributed by atoms with E-state index in [0.717, 1.165) is 70.1 Å². The van der Waals surface area contributed by atoms with Crippen molar-refractivity contribution in [1.29, 1.82) is 5.41 Å². The van der Waals surface area contributed by atoms with E-state index in [-0.39, 0.29) is 60.7 Å². The molecule has 2 aliphatic carbocycles. The van der Waals surface area contributed by atoms with Crippen LogP contribution in [0.2, 0.25) is 0 Å². The van der Waals surface area contributed by atoms with Crippen LogP contribution in [-0.4, -0.2) is 61.1 Å². The van der Waals surface area contributed by atoms with Gasteiger partial charge in [-0.2, -0.15) is 0 Å². The minimum atomic E-state index is -0.0286. The monoisotopic (exact) mass is 527 g/mol. The number of hydrogen-bond acceptors (Lipinski definition) is 5. The number of benzene rings is 1. The molecule has 10 heteroatoms. The molecule has 4 rings (SSSR count). The van der Waals surface area contributed by atoms with Gasteiger partial charge in [-0.15, -0.1) is 24.8 Å². The van der Waals surface area contributed by atoms with Gasteiger partial charge in [-0.25, -0.2) is 4.79 Å². The first-order chi connectivity index (χ1) is 16.0. The molecule has 196 valence electrons. The van der Waals surface area contributed by atoms with Crippen molar-refractivity contribution in [3.8, 4) is 0 Å². The van der Waals surface area contributed by atoms with Crippen molar-refractivity contribution in [2.75, 3.05) is 31.1 Å². The number of nitrogen functional groups attached to an aromatic ring is 1. The van der Waals surface area contributed by atoms with Gasteiger partial charge in [0.05, 0.1) is 5.92 Å². The Morgan fingerprint density at radius 1 is 0.886 bits per heavy atom. The number of hydrogen-bond donors (Lipinski definition) is 3. The predicted octanol–water partition coefficient (Wildman–Crippen LogP) is 4.08. The van der Waals surface area contributed by atoms with Crippen molar-refractivity contribution in [2.24, 2.45) is 11.7 Å². The van der Waals surface area contributed by atoms with E-state index in [1.165, 1.54) is 6.42 Å². The van der Waals surface area contributed by atoms with Gasteiger partial charge in [0, 0.05) is 43.5 Å². The van der Waals surface area contributed by atoms with Crippen molar-refractivity contribution in [3.05, 3.63) is 29.8 Å². The van der Waals surface area contributed by atoms with E-state index in [9.17, 15) is 9.59 Å². The highest BCUT2D eigenvalue weighted by Gasteiger charge is 2.31. The Morgan fingerprint density at radius 2 is 1.49 bits per heavy atom. The number of nitrogens with one attached hydrogen (secondary N) is 2. The van der Waals surface area contributed by atoms with Crippen LogP contribution in [0.3, 0.4) is 0 Å². The summed E-state index contributed by atoms with van der Waals surface area (Å²) in [5.74, 6) is 0.0235. The number of amidine groups is 1. The van der Waals surface area contributed by atoms with E-state index in [1.54, 1.807) is 0 Å². The number of piperazine rings is 1. The molecule has 0 aromatic heterocycles. The maximum Gasteiger partial charge on any atom is 0.317 e. The van der Waals surface area contributed by atoms with Crippen LogP contribution in [0.15, 0.2) is 24.3 Å². The van der Waals surface area contributed by atoms with Gasteiger partial charge < -0.3 is 25.6 Å². The summed E-state index contributed by atoms with van der Waals surface area (Å²) >= 11 is 0.